The van der Waals surface area contributed by atoms with Crippen molar-refractivity contribution in [3.63, 3.8) is 0 Å². The van der Waals surface area contributed by atoms with Gasteiger partial charge in [0.15, 0.2) is 0 Å². The van der Waals surface area contributed by atoms with Crippen LogP contribution in [0, 0.1) is 0 Å². The Balaban J connectivity index is 3.48. The molecule has 0 aliphatic rings. The van der Waals surface area contributed by atoms with Gasteiger partial charge in [-0.15, -0.1) is 0 Å². The lowest BCUT2D eigenvalue weighted by Gasteiger charge is -2.25. The monoisotopic (exact) mass is 200 g/mol. The molecule has 2 heteroatoms. The van der Waals surface area contributed by atoms with Crippen LogP contribution in [0.1, 0.15) is 59.8 Å². The molecule has 2 unspecified atom stereocenters. The van der Waals surface area contributed by atoms with Crippen LogP contribution in [-0.2, 0) is 0 Å². The molecule has 0 aromatic carbocycles. The molecule has 2 nitrogen and oxygen atoms in total. The summed E-state index contributed by atoms with van der Waals surface area (Å²) in [5.41, 5.74) is 6.01. The Bertz CT molecular complexity index is 132. The lowest BCUT2D eigenvalue weighted by molar-refractivity contribution is 0.378. The third-order valence-corrected chi connectivity index (χ3v) is 2.90. The van der Waals surface area contributed by atoms with Crippen LogP contribution in [0.5, 0.6) is 0 Å². The van der Waals surface area contributed by atoms with Crippen molar-refractivity contribution in [2.75, 3.05) is 6.54 Å². The molecular weight excluding hydrogens is 172 g/mol. The molecule has 0 aliphatic heterocycles. The maximum atomic E-state index is 6.06. The average molecular weight is 200 g/mol. The summed E-state index contributed by atoms with van der Waals surface area (Å²) >= 11 is 0. The van der Waals surface area contributed by atoms with Crippen molar-refractivity contribution < 1.29 is 0 Å². The van der Waals surface area contributed by atoms with Gasteiger partial charge in [-0.25, -0.2) is 0 Å². The van der Waals surface area contributed by atoms with E-state index in [2.05, 4.69) is 33.0 Å². The molecule has 0 spiro atoms. The maximum absolute atomic E-state index is 6.06. The van der Waals surface area contributed by atoms with E-state index in [0.717, 1.165) is 13.0 Å². The van der Waals surface area contributed by atoms with Crippen LogP contribution >= 0.6 is 0 Å². The van der Waals surface area contributed by atoms with E-state index in [4.69, 9.17) is 5.73 Å². The van der Waals surface area contributed by atoms with E-state index in [0.29, 0.717) is 6.04 Å². The summed E-state index contributed by atoms with van der Waals surface area (Å²) in [5.74, 6) is 0. The number of rotatable bonds is 8. The van der Waals surface area contributed by atoms with Gasteiger partial charge in [0.1, 0.15) is 0 Å². The zero-order chi connectivity index (χ0) is 11.0. The molecule has 86 valence electrons. The first-order valence-corrected chi connectivity index (χ1v) is 6.04. The maximum Gasteiger partial charge on any atom is 0.0249 e. The highest BCUT2D eigenvalue weighted by Crippen LogP contribution is 2.06. The van der Waals surface area contributed by atoms with Crippen LogP contribution < -0.4 is 11.1 Å². The van der Waals surface area contributed by atoms with Crippen LogP contribution in [-0.4, -0.2) is 18.1 Å². The zero-order valence-corrected chi connectivity index (χ0v) is 10.4. The molecule has 0 aliphatic carbocycles. The second-order valence-electron chi connectivity index (χ2n) is 4.79. The highest BCUT2D eigenvalue weighted by molar-refractivity contribution is 4.80. The predicted octanol–water partition coefficient (Wildman–Crippen LogP) is 2.67. The van der Waals surface area contributed by atoms with Gasteiger partial charge in [-0.2, -0.15) is 0 Å². The lowest BCUT2D eigenvalue weighted by Crippen LogP contribution is -2.47. The third-order valence-electron chi connectivity index (χ3n) is 2.90. The quantitative estimate of drug-likeness (QED) is 0.591. The van der Waals surface area contributed by atoms with Crippen molar-refractivity contribution in [3.05, 3.63) is 0 Å². The molecule has 0 rings (SSSR count). The van der Waals surface area contributed by atoms with Gasteiger partial charge >= 0.3 is 0 Å². The first-order chi connectivity index (χ1) is 6.52. The fourth-order valence-corrected chi connectivity index (χ4v) is 1.33. The largest absolute Gasteiger partial charge is 0.324 e. The summed E-state index contributed by atoms with van der Waals surface area (Å²) in [5, 5.41) is 3.51. The van der Waals surface area contributed by atoms with Gasteiger partial charge in [0.25, 0.3) is 0 Å². The Hall–Kier alpha value is -0.0800. The molecule has 14 heavy (non-hydrogen) atoms. The Labute approximate surface area is 89.6 Å². The van der Waals surface area contributed by atoms with Crippen molar-refractivity contribution >= 4 is 0 Å². The Morgan fingerprint density at radius 1 is 1.29 bits per heavy atom. The summed E-state index contributed by atoms with van der Waals surface area (Å²) in [6, 6.07) is 0.607. The highest BCUT2D eigenvalue weighted by Gasteiger charge is 2.15. The first kappa shape index (κ1) is 13.9. The summed E-state index contributed by atoms with van der Waals surface area (Å²) in [6.45, 7) is 9.67. The van der Waals surface area contributed by atoms with Crippen LogP contribution in [0.15, 0.2) is 0 Å². The van der Waals surface area contributed by atoms with Gasteiger partial charge in [0.05, 0.1) is 0 Å². The number of hydrogen-bond acceptors (Lipinski definition) is 2. The Morgan fingerprint density at radius 2 is 1.93 bits per heavy atom. The summed E-state index contributed by atoms with van der Waals surface area (Å²) < 4.78 is 0. The predicted molar refractivity (Wildman–Crippen MR) is 64.5 cm³/mol. The number of hydrogen-bond donors (Lipinski definition) is 2. The average Bonchev–Trinajstić information content (AvgIpc) is 2.16. The van der Waals surface area contributed by atoms with Gasteiger partial charge in [-0.3, -0.25) is 0 Å². The van der Waals surface area contributed by atoms with Gasteiger partial charge in [0.2, 0.25) is 0 Å². The second-order valence-corrected chi connectivity index (χ2v) is 4.79. The minimum Gasteiger partial charge on any atom is -0.324 e. The van der Waals surface area contributed by atoms with E-state index in [1.54, 1.807) is 0 Å². The van der Waals surface area contributed by atoms with E-state index in [9.17, 15) is 0 Å². The third kappa shape index (κ3) is 7.34. The molecule has 0 saturated heterocycles. The van der Waals surface area contributed by atoms with Crippen LogP contribution in [0.25, 0.3) is 0 Å². The molecule has 0 heterocycles. The van der Waals surface area contributed by atoms with Gasteiger partial charge in [0, 0.05) is 18.1 Å². The molecule has 0 radical (unpaired) electrons. The molecule has 0 aromatic heterocycles. The fraction of sp³-hybridized carbons (Fsp3) is 1.00. The lowest BCUT2D eigenvalue weighted by atomic mass is 10.00. The molecule has 0 aromatic rings. The standard InChI is InChI=1S/C12H28N2/c1-5-7-8-9-11(3)14-10-12(4,13)6-2/h11,14H,5-10,13H2,1-4H3. The molecule has 0 bridgehead atoms. The first-order valence-electron chi connectivity index (χ1n) is 6.04. The summed E-state index contributed by atoms with van der Waals surface area (Å²) in [7, 11) is 0. The van der Waals surface area contributed by atoms with Crippen molar-refractivity contribution in [2.24, 2.45) is 5.73 Å². The number of unbranched alkanes of at least 4 members (excludes halogenated alkanes) is 2. The Kier molecular flexibility index (Phi) is 7.20. The van der Waals surface area contributed by atoms with Crippen LogP contribution in [0.4, 0.5) is 0 Å². The summed E-state index contributed by atoms with van der Waals surface area (Å²) in [6.07, 6.45) is 6.28. The van der Waals surface area contributed by atoms with Crippen molar-refractivity contribution in [1.29, 1.82) is 0 Å². The Morgan fingerprint density at radius 3 is 2.43 bits per heavy atom. The van der Waals surface area contributed by atoms with Gasteiger partial charge in [-0.1, -0.05) is 33.1 Å². The molecule has 3 N–H and O–H groups in total. The minimum atomic E-state index is -0.0426. The molecular formula is C12H28N2. The van der Waals surface area contributed by atoms with E-state index in [1.165, 1.54) is 25.7 Å². The van der Waals surface area contributed by atoms with Crippen LogP contribution in [0.3, 0.4) is 0 Å². The SMILES string of the molecule is CCCCCC(C)NCC(C)(N)CC. The van der Waals surface area contributed by atoms with Crippen molar-refractivity contribution in [3.8, 4) is 0 Å². The second kappa shape index (κ2) is 7.24. The smallest absolute Gasteiger partial charge is 0.0249 e. The zero-order valence-electron chi connectivity index (χ0n) is 10.4. The number of nitrogens with two attached hydrogens (primary N) is 1. The minimum absolute atomic E-state index is 0.0426. The van der Waals surface area contributed by atoms with Gasteiger partial charge < -0.3 is 11.1 Å². The van der Waals surface area contributed by atoms with E-state index in [1.807, 2.05) is 0 Å². The van der Waals surface area contributed by atoms with Crippen molar-refractivity contribution in [1.82, 2.24) is 5.32 Å². The van der Waals surface area contributed by atoms with Gasteiger partial charge in [-0.05, 0) is 26.7 Å². The molecule has 0 amide bonds. The van der Waals surface area contributed by atoms with Crippen LogP contribution in [0.2, 0.25) is 0 Å². The van der Waals surface area contributed by atoms with E-state index in [-0.39, 0.29) is 5.54 Å². The normalized spacial score (nSPS) is 17.8. The van der Waals surface area contributed by atoms with Crippen molar-refractivity contribution in [2.45, 2.75) is 71.4 Å². The summed E-state index contributed by atoms with van der Waals surface area (Å²) in [4.78, 5) is 0. The molecule has 0 saturated carbocycles. The number of nitrogens with one attached hydrogen (secondary N) is 1. The molecule has 0 fully saturated rings. The van der Waals surface area contributed by atoms with E-state index >= 15 is 0 Å². The topological polar surface area (TPSA) is 38.0 Å². The fourth-order valence-electron chi connectivity index (χ4n) is 1.33. The molecule has 2 atom stereocenters. The van der Waals surface area contributed by atoms with E-state index < -0.39 is 0 Å². The highest BCUT2D eigenvalue weighted by atomic mass is 15.0.